The molecular weight excluding hydrogens is 136 g/mol. The van der Waals surface area contributed by atoms with Crippen LogP contribution in [0.25, 0.3) is 0 Å². The molecule has 0 saturated heterocycles. The lowest BCUT2D eigenvalue weighted by atomic mass is 9.94. The predicted octanol–water partition coefficient (Wildman–Crippen LogP) is 2.41. The highest BCUT2D eigenvalue weighted by Gasteiger charge is 2.13. The summed E-state index contributed by atoms with van der Waals surface area (Å²) >= 11 is 0. The van der Waals surface area contributed by atoms with Crippen molar-refractivity contribution >= 4 is 5.78 Å². The molecule has 0 spiro atoms. The Balaban J connectivity index is 3.89. The van der Waals surface area contributed by atoms with Crippen LogP contribution >= 0.6 is 0 Å². The second-order valence-corrected chi connectivity index (χ2v) is 2.78. The van der Waals surface area contributed by atoms with Gasteiger partial charge in [0.15, 0.2) is 0 Å². The van der Waals surface area contributed by atoms with E-state index in [0.29, 0.717) is 0 Å². The van der Waals surface area contributed by atoms with E-state index in [1.807, 2.05) is 0 Å². The van der Waals surface area contributed by atoms with E-state index in [1.165, 1.54) is 0 Å². The Morgan fingerprint density at radius 1 is 1.36 bits per heavy atom. The first kappa shape index (κ1) is 10.2. The van der Waals surface area contributed by atoms with Gasteiger partial charge in [-0.1, -0.05) is 26.7 Å². The summed E-state index contributed by atoms with van der Waals surface area (Å²) in [5, 5.41) is 0. The van der Waals surface area contributed by atoms with Crippen LogP contribution in [0, 0.1) is 18.3 Å². The third-order valence-corrected chi connectivity index (χ3v) is 1.79. The van der Waals surface area contributed by atoms with Crippen LogP contribution < -0.4 is 0 Å². The average molecular weight is 152 g/mol. The molecule has 11 heavy (non-hydrogen) atoms. The molecule has 0 aromatic carbocycles. The van der Waals surface area contributed by atoms with Crippen molar-refractivity contribution in [2.75, 3.05) is 0 Å². The molecule has 0 amide bonds. The smallest absolute Gasteiger partial charge is 0.208 e. The molecule has 1 nitrogen and oxygen atoms in total. The van der Waals surface area contributed by atoms with Crippen molar-refractivity contribution in [3.63, 3.8) is 0 Å². The Bertz CT molecular complexity index is 147. The minimum Gasteiger partial charge on any atom is -0.285 e. The van der Waals surface area contributed by atoms with Crippen LogP contribution in [0.1, 0.15) is 39.5 Å². The number of rotatable bonds is 5. The summed E-state index contributed by atoms with van der Waals surface area (Å²) in [4.78, 5) is 11.1. The standard InChI is InChI=1S/C10H16O/c1-4-7-9(8-5-2)10(11)6-3/h3,9H,4-5,7-8H2,1-2H3. The molecule has 1 heteroatoms. The van der Waals surface area contributed by atoms with Crippen LogP contribution in [-0.2, 0) is 4.79 Å². The molecule has 0 heterocycles. The number of terminal acetylenes is 1. The van der Waals surface area contributed by atoms with Crippen molar-refractivity contribution in [1.29, 1.82) is 0 Å². The molecule has 0 aliphatic carbocycles. The number of hydrogen-bond acceptors (Lipinski definition) is 1. The third kappa shape index (κ3) is 3.83. The van der Waals surface area contributed by atoms with Crippen molar-refractivity contribution < 1.29 is 4.79 Å². The van der Waals surface area contributed by atoms with Gasteiger partial charge in [0.05, 0.1) is 0 Å². The fourth-order valence-electron chi connectivity index (χ4n) is 1.22. The van der Waals surface area contributed by atoms with Gasteiger partial charge in [-0.3, -0.25) is 4.79 Å². The maximum absolute atomic E-state index is 11.1. The number of hydrogen-bond donors (Lipinski definition) is 0. The molecule has 62 valence electrons. The van der Waals surface area contributed by atoms with Crippen molar-refractivity contribution in [3.05, 3.63) is 0 Å². The fourth-order valence-corrected chi connectivity index (χ4v) is 1.22. The topological polar surface area (TPSA) is 17.1 Å². The molecule has 0 aliphatic heterocycles. The molecule has 0 bridgehead atoms. The van der Waals surface area contributed by atoms with Gasteiger partial charge in [-0.2, -0.15) is 0 Å². The predicted molar refractivity (Wildman–Crippen MR) is 47.1 cm³/mol. The first-order chi connectivity index (χ1) is 5.26. The lowest BCUT2D eigenvalue weighted by molar-refractivity contribution is -0.117. The van der Waals surface area contributed by atoms with Crippen LogP contribution in [0.2, 0.25) is 0 Å². The minimum absolute atomic E-state index is 0.0197. The molecule has 0 unspecified atom stereocenters. The molecule has 0 saturated carbocycles. The van der Waals surface area contributed by atoms with Crippen molar-refractivity contribution in [3.8, 4) is 12.3 Å². The lowest BCUT2D eigenvalue weighted by Gasteiger charge is -2.08. The van der Waals surface area contributed by atoms with Crippen LogP contribution in [0.3, 0.4) is 0 Å². The molecule has 0 radical (unpaired) electrons. The van der Waals surface area contributed by atoms with E-state index in [0.717, 1.165) is 25.7 Å². The first-order valence-electron chi connectivity index (χ1n) is 4.26. The molecule has 0 atom stereocenters. The zero-order valence-corrected chi connectivity index (χ0v) is 7.39. The van der Waals surface area contributed by atoms with Gasteiger partial charge in [0.1, 0.15) is 0 Å². The van der Waals surface area contributed by atoms with Gasteiger partial charge in [0.25, 0.3) is 0 Å². The van der Waals surface area contributed by atoms with Crippen molar-refractivity contribution in [2.45, 2.75) is 39.5 Å². The normalized spacial score (nSPS) is 9.64. The number of Topliss-reactive ketones (excluding diaryl/α,β-unsaturated/α-hetero) is 1. The summed E-state index contributed by atoms with van der Waals surface area (Å²) in [5.41, 5.74) is 0. The van der Waals surface area contributed by atoms with E-state index >= 15 is 0 Å². The number of carbonyl (C=O) groups is 1. The Labute approximate surface area is 69.2 Å². The summed E-state index contributed by atoms with van der Waals surface area (Å²) in [7, 11) is 0. The van der Waals surface area contributed by atoms with Crippen LogP contribution in [-0.4, -0.2) is 5.78 Å². The Hall–Kier alpha value is -0.770. The van der Waals surface area contributed by atoms with Gasteiger partial charge < -0.3 is 0 Å². The van der Waals surface area contributed by atoms with E-state index in [9.17, 15) is 4.79 Å². The van der Waals surface area contributed by atoms with Gasteiger partial charge in [-0.15, -0.1) is 6.42 Å². The van der Waals surface area contributed by atoms with Crippen LogP contribution in [0.4, 0.5) is 0 Å². The highest BCUT2D eigenvalue weighted by molar-refractivity contribution is 5.96. The summed E-state index contributed by atoms with van der Waals surface area (Å²) in [6.45, 7) is 4.15. The summed E-state index contributed by atoms with van der Waals surface area (Å²) in [6.07, 6.45) is 9.00. The second kappa shape index (κ2) is 5.97. The van der Waals surface area contributed by atoms with Crippen LogP contribution in [0.15, 0.2) is 0 Å². The molecule has 0 aromatic heterocycles. The molecule has 0 aliphatic rings. The maximum Gasteiger partial charge on any atom is 0.208 e. The van der Waals surface area contributed by atoms with E-state index in [2.05, 4.69) is 19.8 Å². The minimum atomic E-state index is -0.0197. The van der Waals surface area contributed by atoms with Crippen LogP contribution in [0.5, 0.6) is 0 Å². The quantitative estimate of drug-likeness (QED) is 0.436. The van der Waals surface area contributed by atoms with Gasteiger partial charge in [0, 0.05) is 5.92 Å². The highest BCUT2D eigenvalue weighted by Crippen LogP contribution is 2.13. The highest BCUT2D eigenvalue weighted by atomic mass is 16.1. The van der Waals surface area contributed by atoms with Gasteiger partial charge in [0.2, 0.25) is 5.78 Å². The second-order valence-electron chi connectivity index (χ2n) is 2.78. The summed E-state index contributed by atoms with van der Waals surface area (Å²) < 4.78 is 0. The van der Waals surface area contributed by atoms with E-state index in [-0.39, 0.29) is 11.7 Å². The van der Waals surface area contributed by atoms with E-state index in [1.54, 1.807) is 0 Å². The Kier molecular flexibility index (Phi) is 5.56. The molecule has 0 rings (SSSR count). The average Bonchev–Trinajstić information content (AvgIpc) is 2.03. The summed E-state index contributed by atoms with van der Waals surface area (Å²) in [5.74, 6) is 2.30. The SMILES string of the molecule is C#CC(=O)C(CCC)CCC. The molecule has 0 N–H and O–H groups in total. The lowest BCUT2D eigenvalue weighted by Crippen LogP contribution is -2.11. The van der Waals surface area contributed by atoms with Crippen molar-refractivity contribution in [1.82, 2.24) is 0 Å². The number of ketones is 1. The largest absolute Gasteiger partial charge is 0.285 e. The number of carbonyl (C=O) groups excluding carboxylic acids is 1. The molecule has 0 fully saturated rings. The van der Waals surface area contributed by atoms with Gasteiger partial charge in [-0.05, 0) is 18.8 Å². The summed E-state index contributed by atoms with van der Waals surface area (Å²) in [6, 6.07) is 0. The zero-order chi connectivity index (χ0) is 8.69. The van der Waals surface area contributed by atoms with Crippen molar-refractivity contribution in [2.24, 2.45) is 5.92 Å². The molecular formula is C10H16O. The Morgan fingerprint density at radius 3 is 2.09 bits per heavy atom. The maximum atomic E-state index is 11.1. The fraction of sp³-hybridized carbons (Fsp3) is 0.700. The van der Waals surface area contributed by atoms with E-state index < -0.39 is 0 Å². The van der Waals surface area contributed by atoms with E-state index in [4.69, 9.17) is 6.42 Å². The molecule has 0 aromatic rings. The first-order valence-corrected chi connectivity index (χ1v) is 4.26. The van der Waals surface area contributed by atoms with Gasteiger partial charge >= 0.3 is 0 Å². The Morgan fingerprint density at radius 2 is 1.82 bits per heavy atom. The van der Waals surface area contributed by atoms with Gasteiger partial charge in [-0.25, -0.2) is 0 Å². The monoisotopic (exact) mass is 152 g/mol. The third-order valence-electron chi connectivity index (χ3n) is 1.79. The zero-order valence-electron chi connectivity index (χ0n) is 7.39.